The van der Waals surface area contributed by atoms with E-state index in [1.165, 1.54) is 5.41 Å². The van der Waals surface area contributed by atoms with Crippen LogP contribution in [0.3, 0.4) is 0 Å². The monoisotopic (exact) mass is 193 g/mol. The Bertz CT molecular complexity index is 161. The van der Waals surface area contributed by atoms with Crippen LogP contribution in [0.5, 0.6) is 0 Å². The van der Waals surface area contributed by atoms with Crippen LogP contribution in [-0.4, -0.2) is 21.5 Å². The molecule has 0 aromatic carbocycles. The summed E-state index contributed by atoms with van der Waals surface area (Å²) < 4.78 is 10.9. The van der Waals surface area contributed by atoms with Crippen molar-refractivity contribution in [1.82, 2.24) is 0 Å². The summed E-state index contributed by atoms with van der Waals surface area (Å²) in [7, 11) is 0. The van der Waals surface area contributed by atoms with E-state index < -0.39 is 22.3 Å². The largest absolute Gasteiger partial charge is 0.605 e. The maximum absolute atomic E-state index is 10.9. The van der Waals surface area contributed by atoms with Crippen molar-refractivity contribution in [3.63, 3.8) is 0 Å². The molecule has 0 aliphatic rings. The number of nitrogens with two attached hydrogens (primary N) is 1. The minimum Gasteiger partial charge on any atom is -0.605 e. The van der Waals surface area contributed by atoms with E-state index in [1.807, 2.05) is 0 Å². The van der Waals surface area contributed by atoms with Crippen molar-refractivity contribution in [3.8, 4) is 0 Å². The molecule has 0 aliphatic heterocycles. The molecule has 2 atom stereocenters. The fraction of sp³-hybridized carbons (Fsp3) is 0.500. The second-order valence-electron chi connectivity index (χ2n) is 1.87. The molecule has 3 nitrogen and oxygen atoms in total. The molecule has 0 aromatic heterocycles. The smallest absolute Gasteiger partial charge is 0.351 e. The first-order valence-electron chi connectivity index (χ1n) is 3.07. The zero-order valence-electron chi connectivity index (χ0n) is 6.19. The lowest BCUT2D eigenvalue weighted by molar-refractivity contribution is -0.112. The lowest BCUT2D eigenvalue weighted by atomic mass is 10.4. The Hall–Kier alpha value is 0.0300. The van der Waals surface area contributed by atoms with Crippen LogP contribution in [0, 0.1) is 0 Å². The minimum atomic E-state index is -1.59. The first kappa shape index (κ1) is 11.0. The molecule has 0 aromatic rings. The van der Waals surface area contributed by atoms with Gasteiger partial charge in [-0.2, -0.15) is 12.6 Å². The number of rotatable bonds is 3. The predicted molar refractivity (Wildman–Crippen MR) is 49.8 cm³/mol. The first-order valence-corrected chi connectivity index (χ1v) is 4.91. The average Bonchev–Trinajstić information content (AvgIpc) is 2.02. The number of allylic oxidation sites excluding steroid dienone is 1. The molecule has 64 valence electrons. The van der Waals surface area contributed by atoms with Gasteiger partial charge in [0.2, 0.25) is 0 Å². The average molecular weight is 193 g/mol. The fourth-order valence-electron chi connectivity index (χ4n) is 0.414. The summed E-state index contributed by atoms with van der Waals surface area (Å²) in [5.74, 6) is 0.224. The quantitative estimate of drug-likeness (QED) is 0.492. The normalized spacial score (nSPS) is 16.7. The van der Waals surface area contributed by atoms with Crippen molar-refractivity contribution in [2.24, 2.45) is 5.73 Å². The van der Waals surface area contributed by atoms with E-state index in [-0.39, 0.29) is 5.75 Å². The van der Waals surface area contributed by atoms with E-state index in [1.54, 1.807) is 13.0 Å². The standard InChI is InChI=1S/C6H11NO2S2/c1-2-3-11(9)6(8)5(7)4-10/h2-3,5,10H,4,7H2,1H3/b3-2+/t5-,11?/m0/s1. The first-order chi connectivity index (χ1) is 5.13. The van der Waals surface area contributed by atoms with E-state index >= 15 is 0 Å². The molecule has 0 saturated carbocycles. The molecule has 0 spiro atoms. The Morgan fingerprint density at radius 1 is 1.91 bits per heavy atom. The second-order valence-corrected chi connectivity index (χ2v) is 3.51. The van der Waals surface area contributed by atoms with Crippen molar-refractivity contribution < 1.29 is 9.35 Å². The van der Waals surface area contributed by atoms with Crippen molar-refractivity contribution in [1.29, 1.82) is 0 Å². The summed E-state index contributed by atoms with van der Waals surface area (Å²) in [4.78, 5) is 10.9. The Kier molecular flexibility index (Phi) is 5.67. The van der Waals surface area contributed by atoms with Crippen molar-refractivity contribution in [2.75, 3.05) is 5.75 Å². The van der Waals surface area contributed by atoms with E-state index in [9.17, 15) is 9.35 Å². The van der Waals surface area contributed by atoms with Crippen LogP contribution < -0.4 is 5.73 Å². The van der Waals surface area contributed by atoms with Gasteiger partial charge in [0.1, 0.15) is 11.4 Å². The minimum absolute atomic E-state index is 0.224. The zero-order chi connectivity index (χ0) is 8.85. The predicted octanol–water partition coefficient (Wildman–Crippen LogP) is 0.0524. The zero-order valence-corrected chi connectivity index (χ0v) is 7.90. The summed E-state index contributed by atoms with van der Waals surface area (Å²) in [6, 6.07) is -0.727. The molecule has 0 radical (unpaired) electrons. The molecule has 0 bridgehead atoms. The molecular weight excluding hydrogens is 182 g/mol. The summed E-state index contributed by atoms with van der Waals surface area (Å²) in [6.45, 7) is 1.69. The Morgan fingerprint density at radius 3 is 2.82 bits per heavy atom. The second kappa shape index (κ2) is 5.65. The third kappa shape index (κ3) is 3.81. The van der Waals surface area contributed by atoms with Crippen molar-refractivity contribution >= 4 is 28.9 Å². The van der Waals surface area contributed by atoms with E-state index in [0.29, 0.717) is 0 Å². The van der Waals surface area contributed by atoms with E-state index in [0.717, 1.165) is 0 Å². The van der Waals surface area contributed by atoms with Crippen LogP contribution in [0.4, 0.5) is 0 Å². The highest BCUT2D eigenvalue weighted by atomic mass is 32.2. The van der Waals surface area contributed by atoms with Gasteiger partial charge in [-0.1, -0.05) is 0 Å². The third-order valence-electron chi connectivity index (χ3n) is 0.957. The molecular formula is C6H11NO2S2. The van der Waals surface area contributed by atoms with Crippen LogP contribution in [-0.2, 0) is 16.0 Å². The van der Waals surface area contributed by atoms with Crippen LogP contribution in [0.2, 0.25) is 0 Å². The lowest BCUT2D eigenvalue weighted by Crippen LogP contribution is -2.36. The van der Waals surface area contributed by atoms with Crippen LogP contribution in [0.25, 0.3) is 0 Å². The maximum atomic E-state index is 10.9. The van der Waals surface area contributed by atoms with Gasteiger partial charge in [0.15, 0.2) is 0 Å². The highest BCUT2D eigenvalue weighted by Crippen LogP contribution is 1.99. The topological polar surface area (TPSA) is 66.1 Å². The van der Waals surface area contributed by atoms with Gasteiger partial charge in [0.05, 0.1) is 11.2 Å². The summed E-state index contributed by atoms with van der Waals surface area (Å²) in [5, 5.41) is 0.837. The van der Waals surface area contributed by atoms with Gasteiger partial charge in [-0.25, -0.2) is 4.79 Å². The molecule has 1 unspecified atom stereocenters. The van der Waals surface area contributed by atoms with E-state index in [4.69, 9.17) is 5.73 Å². The highest BCUT2D eigenvalue weighted by molar-refractivity contribution is 8.08. The molecule has 0 aliphatic carbocycles. The van der Waals surface area contributed by atoms with Gasteiger partial charge in [-0.05, 0) is 13.0 Å². The third-order valence-corrected chi connectivity index (χ3v) is 2.57. The molecule has 0 rings (SSSR count). The van der Waals surface area contributed by atoms with Gasteiger partial charge in [0.25, 0.3) is 0 Å². The fourth-order valence-corrected chi connectivity index (χ4v) is 1.47. The number of carbonyl (C=O) groups is 1. The molecule has 0 saturated heterocycles. The van der Waals surface area contributed by atoms with Gasteiger partial charge < -0.3 is 10.3 Å². The Morgan fingerprint density at radius 2 is 2.45 bits per heavy atom. The van der Waals surface area contributed by atoms with Gasteiger partial charge in [-0.3, -0.25) is 0 Å². The summed E-state index contributed by atoms with van der Waals surface area (Å²) in [6.07, 6.45) is 1.55. The Balaban J connectivity index is 4.01. The molecule has 11 heavy (non-hydrogen) atoms. The number of thiol groups is 1. The summed E-state index contributed by atoms with van der Waals surface area (Å²) in [5.41, 5.74) is 5.29. The van der Waals surface area contributed by atoms with E-state index in [2.05, 4.69) is 12.6 Å². The molecule has 0 fully saturated rings. The highest BCUT2D eigenvalue weighted by Gasteiger charge is 2.23. The lowest BCUT2D eigenvalue weighted by Gasteiger charge is -2.06. The van der Waals surface area contributed by atoms with Crippen LogP contribution in [0.15, 0.2) is 11.5 Å². The molecule has 5 heteroatoms. The number of hydrogen-bond acceptors (Lipinski definition) is 4. The SMILES string of the molecule is C/C=C/[S+]([O-])C(=O)[C@@H](N)CS. The van der Waals surface area contributed by atoms with Crippen LogP contribution >= 0.6 is 12.6 Å². The number of carbonyl (C=O) groups excluding carboxylic acids is 1. The number of hydrogen-bond donors (Lipinski definition) is 2. The maximum Gasteiger partial charge on any atom is 0.351 e. The van der Waals surface area contributed by atoms with Crippen molar-refractivity contribution in [2.45, 2.75) is 13.0 Å². The molecule has 2 N–H and O–H groups in total. The molecule has 0 heterocycles. The summed E-state index contributed by atoms with van der Waals surface area (Å²) >= 11 is 2.23. The van der Waals surface area contributed by atoms with Crippen molar-refractivity contribution in [3.05, 3.63) is 11.5 Å². The Labute approximate surface area is 74.6 Å². The van der Waals surface area contributed by atoms with Crippen LogP contribution in [0.1, 0.15) is 6.92 Å². The van der Waals surface area contributed by atoms with Gasteiger partial charge >= 0.3 is 5.12 Å². The van der Waals surface area contributed by atoms with Gasteiger partial charge in [-0.15, -0.1) is 0 Å². The van der Waals surface area contributed by atoms with Gasteiger partial charge in [0, 0.05) is 5.75 Å². The molecule has 0 amide bonds.